The van der Waals surface area contributed by atoms with E-state index in [-0.39, 0.29) is 11.8 Å². The van der Waals surface area contributed by atoms with Crippen molar-refractivity contribution >= 4 is 18.3 Å². The molecular formula is C36H38N2O6. The predicted molar refractivity (Wildman–Crippen MR) is 168 cm³/mol. The number of hydrogen-bond acceptors (Lipinski definition) is 5. The normalized spacial score (nSPS) is 15.0. The third-order valence-electron chi connectivity index (χ3n) is 7.28. The summed E-state index contributed by atoms with van der Waals surface area (Å²) < 4.78 is 11.4. The van der Waals surface area contributed by atoms with Crippen LogP contribution in [0.1, 0.15) is 37.3 Å². The monoisotopic (exact) mass is 594 g/mol. The lowest BCUT2D eigenvalue weighted by atomic mass is 9.73. The number of hydrogen-bond donors (Lipinski definition) is 2. The van der Waals surface area contributed by atoms with E-state index in [9.17, 15) is 19.5 Å². The van der Waals surface area contributed by atoms with E-state index in [1.54, 1.807) is 4.90 Å². The number of carboxylic acids is 1. The lowest BCUT2D eigenvalue weighted by Crippen LogP contribution is -2.46. The zero-order chi connectivity index (χ0) is 31.1. The first-order chi connectivity index (χ1) is 21.5. The van der Waals surface area contributed by atoms with Crippen molar-refractivity contribution in [3.8, 4) is 23.0 Å². The number of benzene rings is 4. The van der Waals surface area contributed by atoms with Crippen LogP contribution < -0.4 is 14.8 Å². The molecule has 4 aromatic rings. The lowest BCUT2D eigenvalue weighted by Gasteiger charge is -2.36. The highest BCUT2D eigenvalue weighted by Gasteiger charge is 2.43. The Labute approximate surface area is 258 Å². The van der Waals surface area contributed by atoms with E-state index >= 15 is 0 Å². The Bertz CT molecular complexity index is 1460. The number of carboxylic acid groups (broad SMARTS) is 1. The van der Waals surface area contributed by atoms with Crippen molar-refractivity contribution in [3.05, 3.63) is 120 Å². The molecule has 2 atom stereocenters. The SMILES string of the molecule is CCCN(Cc1ccc(Oc2ccccc2)cc1)C(=O)[C@H]1CC[C@@H]1C(=O)O.O=CNCc1ccc(Oc2ccccc2)cc1. The van der Waals surface area contributed by atoms with Gasteiger partial charge in [-0.3, -0.25) is 14.4 Å². The van der Waals surface area contributed by atoms with Crippen molar-refractivity contribution in [3.63, 3.8) is 0 Å². The van der Waals surface area contributed by atoms with Crippen LogP contribution in [0, 0.1) is 11.8 Å². The van der Waals surface area contributed by atoms with E-state index in [2.05, 4.69) is 5.32 Å². The van der Waals surface area contributed by atoms with Gasteiger partial charge < -0.3 is 24.8 Å². The number of nitrogens with one attached hydrogen (secondary N) is 1. The number of rotatable bonds is 13. The van der Waals surface area contributed by atoms with Gasteiger partial charge in [0.05, 0.1) is 11.8 Å². The standard InChI is InChI=1S/C22H25NO4.C14H13NO2/c1-2-14-23(21(24)19-12-13-20(19)22(25)26)15-16-8-10-18(11-9-16)27-17-6-4-3-5-7-17;16-11-15-10-12-6-8-14(9-7-12)17-13-4-2-1-3-5-13/h3-11,19-20H,2,12-15H2,1H3,(H,25,26);1-9,11H,10H2,(H,15,16)/t19-,20-;/m0./s1. The van der Waals surface area contributed by atoms with Gasteiger partial charge in [-0.15, -0.1) is 0 Å². The summed E-state index contributed by atoms with van der Waals surface area (Å²) in [5.74, 6) is 1.30. The molecule has 4 aromatic carbocycles. The van der Waals surface area contributed by atoms with Crippen molar-refractivity contribution in [2.45, 2.75) is 39.3 Å². The minimum Gasteiger partial charge on any atom is -0.481 e. The van der Waals surface area contributed by atoms with Crippen molar-refractivity contribution in [2.75, 3.05) is 6.54 Å². The molecule has 1 fully saturated rings. The second kappa shape index (κ2) is 16.5. The van der Waals surface area contributed by atoms with Gasteiger partial charge in [-0.25, -0.2) is 0 Å². The number of carbonyl (C=O) groups excluding carboxylic acids is 2. The first-order valence-electron chi connectivity index (χ1n) is 14.8. The van der Waals surface area contributed by atoms with Crippen molar-refractivity contribution < 1.29 is 29.0 Å². The summed E-state index contributed by atoms with van der Waals surface area (Å²) in [5, 5.41) is 11.8. The molecule has 1 aliphatic rings. The highest BCUT2D eigenvalue weighted by atomic mass is 16.5. The average molecular weight is 595 g/mol. The number of para-hydroxylation sites is 2. The maximum atomic E-state index is 12.8. The third-order valence-corrected chi connectivity index (χ3v) is 7.28. The van der Waals surface area contributed by atoms with Crippen molar-refractivity contribution in [1.82, 2.24) is 10.2 Å². The first kappa shape index (κ1) is 31.8. The van der Waals surface area contributed by atoms with Crippen molar-refractivity contribution in [2.24, 2.45) is 11.8 Å². The molecule has 0 heterocycles. The van der Waals surface area contributed by atoms with Gasteiger partial charge in [0.1, 0.15) is 23.0 Å². The van der Waals surface area contributed by atoms with Crippen LogP contribution in [0.25, 0.3) is 0 Å². The largest absolute Gasteiger partial charge is 0.481 e. The molecule has 0 spiro atoms. The summed E-state index contributed by atoms with van der Waals surface area (Å²) >= 11 is 0. The smallest absolute Gasteiger partial charge is 0.307 e. The zero-order valence-electron chi connectivity index (χ0n) is 24.8. The van der Waals surface area contributed by atoms with Crippen LogP contribution in [0.5, 0.6) is 23.0 Å². The molecule has 0 radical (unpaired) electrons. The summed E-state index contributed by atoms with van der Waals surface area (Å²) in [6.45, 7) is 3.67. The Balaban J connectivity index is 0.000000223. The quantitative estimate of drug-likeness (QED) is 0.161. The topological polar surface area (TPSA) is 105 Å². The highest BCUT2D eigenvalue weighted by molar-refractivity contribution is 5.86. The van der Waals surface area contributed by atoms with Gasteiger partial charge in [0, 0.05) is 19.6 Å². The van der Waals surface area contributed by atoms with Gasteiger partial charge in [-0.1, -0.05) is 67.6 Å². The molecule has 2 amide bonds. The molecule has 8 nitrogen and oxygen atoms in total. The minimum absolute atomic E-state index is 0.0416. The molecule has 228 valence electrons. The molecule has 1 aliphatic carbocycles. The molecule has 0 saturated heterocycles. The van der Waals surface area contributed by atoms with E-state index in [1.807, 2.05) is 116 Å². The summed E-state index contributed by atoms with van der Waals surface area (Å²) in [4.78, 5) is 36.0. The maximum absolute atomic E-state index is 12.8. The van der Waals surface area contributed by atoms with E-state index in [4.69, 9.17) is 9.47 Å². The number of aliphatic carboxylic acids is 1. The predicted octanol–water partition coefficient (Wildman–Crippen LogP) is 7.05. The number of amides is 2. The Morgan fingerprint density at radius 1 is 0.750 bits per heavy atom. The van der Waals surface area contributed by atoms with Gasteiger partial charge in [0.2, 0.25) is 12.3 Å². The number of nitrogens with zero attached hydrogens (tertiary/aromatic N) is 1. The molecule has 0 aromatic heterocycles. The fourth-order valence-electron chi connectivity index (χ4n) is 4.83. The summed E-state index contributed by atoms with van der Waals surface area (Å²) in [7, 11) is 0. The summed E-state index contributed by atoms with van der Waals surface area (Å²) in [6, 6.07) is 34.5. The second-order valence-electron chi connectivity index (χ2n) is 10.5. The van der Waals surface area contributed by atoms with Crippen LogP contribution in [0.15, 0.2) is 109 Å². The van der Waals surface area contributed by atoms with E-state index < -0.39 is 11.9 Å². The maximum Gasteiger partial charge on any atom is 0.307 e. The minimum atomic E-state index is -0.863. The molecule has 2 N–H and O–H groups in total. The molecule has 0 aliphatic heterocycles. The van der Waals surface area contributed by atoms with Crippen LogP contribution in [0.3, 0.4) is 0 Å². The van der Waals surface area contributed by atoms with E-state index in [0.717, 1.165) is 40.5 Å². The van der Waals surface area contributed by atoms with E-state index in [1.165, 1.54) is 0 Å². The first-order valence-corrected chi connectivity index (χ1v) is 14.8. The molecule has 44 heavy (non-hydrogen) atoms. The van der Waals surface area contributed by atoms with Crippen LogP contribution >= 0.6 is 0 Å². The van der Waals surface area contributed by atoms with Crippen molar-refractivity contribution in [1.29, 1.82) is 0 Å². The van der Waals surface area contributed by atoms with Gasteiger partial charge in [0.25, 0.3) is 0 Å². The molecular weight excluding hydrogens is 556 g/mol. The molecule has 0 unspecified atom stereocenters. The molecule has 5 rings (SSSR count). The fraction of sp³-hybridized carbons (Fsp3) is 0.250. The van der Waals surface area contributed by atoms with E-state index in [0.29, 0.717) is 38.9 Å². The number of carbonyl (C=O) groups is 3. The molecule has 0 bridgehead atoms. The Kier molecular flexibility index (Phi) is 11.9. The lowest BCUT2D eigenvalue weighted by molar-refractivity contribution is -0.156. The number of ether oxygens (including phenoxy) is 2. The highest BCUT2D eigenvalue weighted by Crippen LogP contribution is 2.36. The van der Waals surface area contributed by atoms with Crippen LogP contribution in [0.4, 0.5) is 0 Å². The van der Waals surface area contributed by atoms with Crippen LogP contribution in [0.2, 0.25) is 0 Å². The molecule has 1 saturated carbocycles. The van der Waals surface area contributed by atoms with Crippen LogP contribution in [-0.4, -0.2) is 34.8 Å². The summed E-state index contributed by atoms with van der Waals surface area (Å²) in [5.41, 5.74) is 2.04. The zero-order valence-corrected chi connectivity index (χ0v) is 24.8. The Morgan fingerprint density at radius 2 is 1.23 bits per heavy atom. The second-order valence-corrected chi connectivity index (χ2v) is 10.5. The third kappa shape index (κ3) is 9.46. The van der Waals surface area contributed by atoms with Gasteiger partial charge >= 0.3 is 5.97 Å². The van der Waals surface area contributed by atoms with Gasteiger partial charge in [0.15, 0.2) is 0 Å². The van der Waals surface area contributed by atoms with Gasteiger partial charge in [-0.2, -0.15) is 0 Å². The molecule has 8 heteroatoms. The average Bonchev–Trinajstić information content (AvgIpc) is 3.02. The fourth-order valence-corrected chi connectivity index (χ4v) is 4.83. The van der Waals surface area contributed by atoms with Gasteiger partial charge in [-0.05, 0) is 78.9 Å². The Hall–Kier alpha value is -5.11. The summed E-state index contributed by atoms with van der Waals surface area (Å²) in [6.07, 6.45) is 2.79. The van der Waals surface area contributed by atoms with Crippen LogP contribution in [-0.2, 0) is 27.5 Å². The Morgan fingerprint density at radius 3 is 1.66 bits per heavy atom.